The van der Waals surface area contributed by atoms with E-state index in [1.807, 2.05) is 24.3 Å². The van der Waals surface area contributed by atoms with E-state index < -0.39 is 11.7 Å². The van der Waals surface area contributed by atoms with Crippen molar-refractivity contribution < 1.29 is 14.0 Å². The lowest BCUT2D eigenvalue weighted by Gasteiger charge is -2.22. The van der Waals surface area contributed by atoms with Gasteiger partial charge in [-0.15, -0.1) is 0 Å². The van der Waals surface area contributed by atoms with Crippen molar-refractivity contribution >= 4 is 28.9 Å². The quantitative estimate of drug-likeness (QED) is 0.845. The Bertz CT molecular complexity index is 818. The molecule has 2 amide bonds. The smallest absolute Gasteiger partial charge is 0.229 e. The Balaban J connectivity index is 1.68. The number of halogens is 1. The van der Waals surface area contributed by atoms with Gasteiger partial charge >= 0.3 is 0 Å². The summed E-state index contributed by atoms with van der Waals surface area (Å²) in [6.45, 7) is 6.32. The summed E-state index contributed by atoms with van der Waals surface area (Å²) in [5.74, 6) is -1.42. The number of anilines is 3. The van der Waals surface area contributed by atoms with Crippen LogP contribution in [0.2, 0.25) is 0 Å². The minimum Gasteiger partial charge on any atom is -0.372 e. The topological polar surface area (TPSA) is 52.6 Å². The highest BCUT2D eigenvalue weighted by atomic mass is 19.1. The summed E-state index contributed by atoms with van der Waals surface area (Å²) < 4.78 is 13.7. The Labute approximate surface area is 158 Å². The molecule has 1 heterocycles. The van der Waals surface area contributed by atoms with Gasteiger partial charge in [-0.05, 0) is 50.2 Å². The van der Waals surface area contributed by atoms with Gasteiger partial charge in [-0.25, -0.2) is 4.39 Å². The first-order valence-corrected chi connectivity index (χ1v) is 9.24. The third-order valence-corrected chi connectivity index (χ3v) is 4.92. The van der Waals surface area contributed by atoms with E-state index in [1.165, 1.54) is 12.1 Å². The van der Waals surface area contributed by atoms with Crippen LogP contribution >= 0.6 is 0 Å². The van der Waals surface area contributed by atoms with Crippen LogP contribution in [0.4, 0.5) is 21.5 Å². The minimum atomic E-state index is -0.500. The average molecular weight is 369 g/mol. The zero-order valence-electron chi connectivity index (χ0n) is 15.6. The van der Waals surface area contributed by atoms with E-state index in [-0.39, 0.29) is 23.9 Å². The summed E-state index contributed by atoms with van der Waals surface area (Å²) >= 11 is 0. The third kappa shape index (κ3) is 4.10. The predicted molar refractivity (Wildman–Crippen MR) is 105 cm³/mol. The molecule has 3 rings (SSSR count). The zero-order valence-corrected chi connectivity index (χ0v) is 15.6. The van der Waals surface area contributed by atoms with Gasteiger partial charge in [-0.3, -0.25) is 9.59 Å². The van der Waals surface area contributed by atoms with Gasteiger partial charge in [-0.2, -0.15) is 0 Å². The molecule has 0 aliphatic carbocycles. The van der Waals surface area contributed by atoms with E-state index in [0.29, 0.717) is 6.54 Å². The van der Waals surface area contributed by atoms with Crippen molar-refractivity contribution in [2.75, 3.05) is 34.8 Å². The van der Waals surface area contributed by atoms with Crippen LogP contribution in [0.25, 0.3) is 0 Å². The van der Waals surface area contributed by atoms with Crippen molar-refractivity contribution in [2.45, 2.75) is 20.3 Å². The van der Waals surface area contributed by atoms with Crippen molar-refractivity contribution in [3.63, 3.8) is 0 Å². The fourth-order valence-corrected chi connectivity index (χ4v) is 3.36. The maximum Gasteiger partial charge on any atom is 0.229 e. The molecule has 1 aliphatic heterocycles. The molecule has 1 N–H and O–H groups in total. The van der Waals surface area contributed by atoms with Crippen LogP contribution in [-0.4, -0.2) is 31.4 Å². The Morgan fingerprint density at radius 3 is 2.44 bits per heavy atom. The maximum atomic E-state index is 13.7. The largest absolute Gasteiger partial charge is 0.372 e. The molecule has 5 nitrogen and oxygen atoms in total. The van der Waals surface area contributed by atoms with Crippen LogP contribution in [0.15, 0.2) is 48.5 Å². The molecule has 1 saturated heterocycles. The minimum absolute atomic E-state index is 0.0979. The summed E-state index contributed by atoms with van der Waals surface area (Å²) in [5, 5.41) is 2.58. The fourth-order valence-electron chi connectivity index (χ4n) is 3.36. The predicted octanol–water partition coefficient (Wildman–Crippen LogP) is 3.66. The second kappa shape index (κ2) is 8.20. The van der Waals surface area contributed by atoms with Gasteiger partial charge in [0, 0.05) is 37.4 Å². The molecule has 0 aromatic heterocycles. The molecule has 1 fully saturated rings. The highest BCUT2D eigenvalue weighted by molar-refractivity contribution is 6.03. The first-order valence-electron chi connectivity index (χ1n) is 9.24. The van der Waals surface area contributed by atoms with Crippen LogP contribution < -0.4 is 15.1 Å². The first-order chi connectivity index (χ1) is 13.0. The fraction of sp³-hybridized carbons (Fsp3) is 0.333. The van der Waals surface area contributed by atoms with Crippen molar-refractivity contribution in [3.8, 4) is 0 Å². The van der Waals surface area contributed by atoms with Crippen LogP contribution in [0.1, 0.15) is 20.3 Å². The number of carbonyl (C=O) groups is 2. The summed E-state index contributed by atoms with van der Waals surface area (Å²) in [6.07, 6.45) is 0.123. The lowest BCUT2D eigenvalue weighted by molar-refractivity contribution is -0.122. The number of rotatable bonds is 6. The average Bonchev–Trinajstić information content (AvgIpc) is 3.07. The van der Waals surface area contributed by atoms with Gasteiger partial charge in [0.1, 0.15) is 5.82 Å². The molecule has 142 valence electrons. The van der Waals surface area contributed by atoms with E-state index in [4.69, 9.17) is 0 Å². The van der Waals surface area contributed by atoms with Crippen LogP contribution in [0.5, 0.6) is 0 Å². The lowest BCUT2D eigenvalue weighted by Crippen LogP contribution is -2.28. The first kappa shape index (κ1) is 18.9. The number of hydrogen-bond donors (Lipinski definition) is 1. The molecule has 0 spiro atoms. The monoisotopic (exact) mass is 369 g/mol. The molecule has 0 bridgehead atoms. The summed E-state index contributed by atoms with van der Waals surface area (Å²) in [5.41, 5.74) is 2.01. The molecule has 1 atom stereocenters. The highest BCUT2D eigenvalue weighted by Crippen LogP contribution is 2.28. The standard InChI is InChI=1S/C21H24FN3O2/c1-3-24(4-2)16-9-11-17(12-10-16)25-14-15(13-20(25)26)21(27)23-19-8-6-5-7-18(19)22/h5-12,15H,3-4,13-14H2,1-2H3,(H,23,27). The lowest BCUT2D eigenvalue weighted by atomic mass is 10.1. The van der Waals surface area contributed by atoms with Gasteiger partial charge in [0.2, 0.25) is 11.8 Å². The van der Waals surface area contributed by atoms with Crippen molar-refractivity contribution in [1.29, 1.82) is 0 Å². The molecular weight excluding hydrogens is 345 g/mol. The number of nitrogens with zero attached hydrogens (tertiary/aromatic N) is 2. The molecular formula is C21H24FN3O2. The SMILES string of the molecule is CCN(CC)c1ccc(N2CC(C(=O)Nc3ccccc3F)CC2=O)cc1. The van der Waals surface area contributed by atoms with E-state index in [2.05, 4.69) is 24.1 Å². The molecule has 0 radical (unpaired) electrons. The van der Waals surface area contributed by atoms with Crippen LogP contribution in [-0.2, 0) is 9.59 Å². The van der Waals surface area contributed by atoms with Crippen LogP contribution in [0.3, 0.4) is 0 Å². The van der Waals surface area contributed by atoms with Gasteiger partial charge in [0.05, 0.1) is 11.6 Å². The Morgan fingerprint density at radius 1 is 1.15 bits per heavy atom. The number of para-hydroxylation sites is 1. The van der Waals surface area contributed by atoms with E-state index in [0.717, 1.165) is 24.5 Å². The van der Waals surface area contributed by atoms with Crippen molar-refractivity contribution in [2.24, 2.45) is 5.92 Å². The summed E-state index contributed by atoms with van der Waals surface area (Å²) in [7, 11) is 0. The number of carbonyl (C=O) groups excluding carboxylic acids is 2. The molecule has 1 unspecified atom stereocenters. The maximum absolute atomic E-state index is 13.7. The molecule has 1 aliphatic rings. The molecule has 6 heteroatoms. The zero-order chi connectivity index (χ0) is 19.4. The summed E-state index contributed by atoms with van der Waals surface area (Å²) in [6, 6.07) is 13.8. The molecule has 27 heavy (non-hydrogen) atoms. The second-order valence-electron chi connectivity index (χ2n) is 6.56. The van der Waals surface area contributed by atoms with Gasteiger partial charge in [0.15, 0.2) is 0 Å². The molecule has 0 saturated carbocycles. The van der Waals surface area contributed by atoms with Gasteiger partial charge < -0.3 is 15.1 Å². The Kier molecular flexibility index (Phi) is 5.74. The Hall–Kier alpha value is -2.89. The second-order valence-corrected chi connectivity index (χ2v) is 6.56. The van der Waals surface area contributed by atoms with Crippen molar-refractivity contribution in [3.05, 3.63) is 54.3 Å². The van der Waals surface area contributed by atoms with E-state index in [1.54, 1.807) is 17.0 Å². The van der Waals surface area contributed by atoms with E-state index >= 15 is 0 Å². The van der Waals surface area contributed by atoms with Crippen molar-refractivity contribution in [1.82, 2.24) is 0 Å². The van der Waals surface area contributed by atoms with Crippen LogP contribution in [0, 0.1) is 11.7 Å². The normalized spacial score (nSPS) is 16.5. The highest BCUT2D eigenvalue weighted by Gasteiger charge is 2.35. The van der Waals surface area contributed by atoms with E-state index in [9.17, 15) is 14.0 Å². The number of benzene rings is 2. The third-order valence-electron chi connectivity index (χ3n) is 4.92. The molecule has 2 aromatic carbocycles. The van der Waals surface area contributed by atoms with Gasteiger partial charge in [-0.1, -0.05) is 12.1 Å². The number of amides is 2. The summed E-state index contributed by atoms with van der Waals surface area (Å²) in [4.78, 5) is 28.7. The molecule has 2 aromatic rings. The Morgan fingerprint density at radius 2 is 1.81 bits per heavy atom. The van der Waals surface area contributed by atoms with Gasteiger partial charge in [0.25, 0.3) is 0 Å². The number of hydrogen-bond acceptors (Lipinski definition) is 3. The number of nitrogens with one attached hydrogen (secondary N) is 1.